The van der Waals surface area contributed by atoms with E-state index in [1.54, 1.807) is 0 Å². The van der Waals surface area contributed by atoms with Crippen LogP contribution in [0.2, 0.25) is 0 Å². The van der Waals surface area contributed by atoms with Crippen molar-refractivity contribution in [3.63, 3.8) is 0 Å². The average Bonchev–Trinajstić information content (AvgIpc) is 3.29. The van der Waals surface area contributed by atoms with Crippen molar-refractivity contribution in [2.75, 3.05) is 39.4 Å². The van der Waals surface area contributed by atoms with E-state index in [0.717, 1.165) is 32.7 Å². The molecule has 5 rings (SSSR count). The zero-order valence-electron chi connectivity index (χ0n) is 17.5. The molecule has 0 bridgehead atoms. The van der Waals surface area contributed by atoms with Crippen molar-refractivity contribution >= 4 is 11.9 Å². The summed E-state index contributed by atoms with van der Waals surface area (Å²) in [5, 5.41) is 7.12. The highest BCUT2D eigenvalue weighted by Crippen LogP contribution is 2.52. The van der Waals surface area contributed by atoms with Crippen LogP contribution in [-0.4, -0.2) is 78.0 Å². The summed E-state index contributed by atoms with van der Waals surface area (Å²) in [5.41, 5.74) is 1.19. The smallest absolute Gasteiger partial charge is 0.475 e. The predicted octanol–water partition coefficient (Wildman–Crippen LogP) is 3.14. The minimum atomic E-state index is -5.08. The zero-order chi connectivity index (χ0) is 23.1. The number of morpholine rings is 1. The van der Waals surface area contributed by atoms with Crippen LogP contribution in [0.25, 0.3) is 0 Å². The highest BCUT2D eigenvalue weighted by molar-refractivity contribution is 5.86. The minimum absolute atomic E-state index is 0.258. The van der Waals surface area contributed by atoms with Crippen LogP contribution in [0.5, 0.6) is 0 Å². The molecule has 2 aliphatic heterocycles. The third-order valence-corrected chi connectivity index (χ3v) is 6.98. The van der Waals surface area contributed by atoms with Gasteiger partial charge >= 0.3 is 12.1 Å². The lowest BCUT2D eigenvalue weighted by molar-refractivity contribution is -0.192. The number of nitrogens with zero attached hydrogens (tertiary/aromatic N) is 2. The number of likely N-dealkylation sites (tertiary alicyclic amines) is 1. The maximum atomic E-state index is 14.7. The first-order valence-electron chi connectivity index (χ1n) is 10.8. The summed E-state index contributed by atoms with van der Waals surface area (Å²) >= 11 is 0. The maximum Gasteiger partial charge on any atom is 0.490 e. The Kier molecular flexibility index (Phi) is 6.19. The Morgan fingerprint density at radius 3 is 2.19 bits per heavy atom. The number of amides is 1. The molecule has 3 fully saturated rings. The van der Waals surface area contributed by atoms with Crippen molar-refractivity contribution < 1.29 is 37.0 Å². The van der Waals surface area contributed by atoms with E-state index in [1.165, 1.54) is 11.1 Å². The molecule has 2 heterocycles. The van der Waals surface area contributed by atoms with Gasteiger partial charge in [-0.15, -0.1) is 0 Å². The van der Waals surface area contributed by atoms with Gasteiger partial charge in [0.05, 0.1) is 13.2 Å². The molecule has 4 aliphatic rings. The summed E-state index contributed by atoms with van der Waals surface area (Å²) in [6.07, 6.45) is -3.44. The SMILES string of the molecule is O=C(N1C[C@H]2[C@@H](C1)c1ccccc1[C@@H]2N1CCOCC1)C1(F)CCC1.O=C(O)C(F)(F)F. The number of carbonyl (C=O) groups is 2. The number of carboxylic acids is 1. The van der Waals surface area contributed by atoms with E-state index in [2.05, 4.69) is 29.2 Å². The second-order valence-electron chi connectivity index (χ2n) is 8.82. The molecular weight excluding hydrogens is 432 g/mol. The average molecular weight is 458 g/mol. The fourth-order valence-corrected chi connectivity index (χ4v) is 5.30. The van der Waals surface area contributed by atoms with Crippen LogP contribution >= 0.6 is 0 Å². The van der Waals surface area contributed by atoms with Crippen molar-refractivity contribution in [1.82, 2.24) is 9.80 Å². The van der Waals surface area contributed by atoms with Gasteiger partial charge in [0.2, 0.25) is 0 Å². The Bertz CT molecular complexity index is 868. The molecule has 1 saturated carbocycles. The number of aliphatic carboxylic acids is 1. The van der Waals surface area contributed by atoms with Crippen molar-refractivity contribution in [1.29, 1.82) is 0 Å². The van der Waals surface area contributed by atoms with Gasteiger partial charge in [0.25, 0.3) is 5.91 Å². The second-order valence-corrected chi connectivity index (χ2v) is 8.82. The lowest BCUT2D eigenvalue weighted by atomic mass is 9.81. The second kappa shape index (κ2) is 8.62. The lowest BCUT2D eigenvalue weighted by Crippen LogP contribution is -2.50. The van der Waals surface area contributed by atoms with Gasteiger partial charge in [-0.3, -0.25) is 9.69 Å². The Morgan fingerprint density at radius 2 is 1.66 bits per heavy atom. The number of hydrogen-bond donors (Lipinski definition) is 1. The topological polar surface area (TPSA) is 70.1 Å². The first-order chi connectivity index (χ1) is 15.1. The number of hydrogen-bond acceptors (Lipinski definition) is 4. The molecule has 1 amide bonds. The molecule has 0 radical (unpaired) electrons. The Balaban J connectivity index is 0.000000307. The van der Waals surface area contributed by atoms with E-state index in [4.69, 9.17) is 14.6 Å². The molecule has 32 heavy (non-hydrogen) atoms. The van der Waals surface area contributed by atoms with Gasteiger partial charge in [0, 0.05) is 44.1 Å². The Morgan fingerprint density at radius 1 is 1.06 bits per heavy atom. The summed E-state index contributed by atoms with van der Waals surface area (Å²) in [6, 6.07) is 8.98. The summed E-state index contributed by atoms with van der Waals surface area (Å²) < 4.78 is 51.9. The van der Waals surface area contributed by atoms with E-state index >= 15 is 0 Å². The molecule has 1 aromatic carbocycles. The van der Waals surface area contributed by atoms with Gasteiger partial charge in [-0.05, 0) is 30.4 Å². The largest absolute Gasteiger partial charge is 0.490 e. The molecule has 0 unspecified atom stereocenters. The quantitative estimate of drug-likeness (QED) is 0.690. The number of carboxylic acid groups (broad SMARTS) is 1. The molecular formula is C22H26F4N2O4. The van der Waals surface area contributed by atoms with E-state index in [1.807, 2.05) is 4.90 Å². The Labute approximate surface area is 183 Å². The monoisotopic (exact) mass is 458 g/mol. The molecule has 0 spiro atoms. The molecule has 3 atom stereocenters. The summed E-state index contributed by atoms with van der Waals surface area (Å²) in [4.78, 5) is 25.9. The lowest BCUT2D eigenvalue weighted by Gasteiger charge is -2.38. The molecule has 10 heteroatoms. The van der Waals surface area contributed by atoms with E-state index in [0.29, 0.717) is 43.8 Å². The van der Waals surface area contributed by atoms with E-state index in [-0.39, 0.29) is 5.91 Å². The summed E-state index contributed by atoms with van der Waals surface area (Å²) in [7, 11) is 0. The number of benzene rings is 1. The normalized spacial score (nSPS) is 28.8. The maximum absolute atomic E-state index is 14.7. The number of fused-ring (bicyclic) bond motifs is 3. The van der Waals surface area contributed by atoms with Gasteiger partial charge in [-0.25, -0.2) is 9.18 Å². The van der Waals surface area contributed by atoms with Crippen molar-refractivity contribution in [3.05, 3.63) is 35.4 Å². The molecule has 0 aromatic heterocycles. The minimum Gasteiger partial charge on any atom is -0.475 e. The highest BCUT2D eigenvalue weighted by atomic mass is 19.4. The standard InChI is InChI=1S/C20H25FN2O2.C2HF3O2/c21-20(6-3-7-20)19(24)23-12-16-14-4-1-2-5-15(14)18(17(16)13-23)22-8-10-25-11-9-22;3-2(4,5)1(6)7/h1-2,4-5,16-18H,3,6-13H2;(H,6,7)/t16-,17-,18-;/m0./s1. The van der Waals surface area contributed by atoms with Gasteiger partial charge in [0.15, 0.2) is 5.67 Å². The molecule has 1 N–H and O–H groups in total. The first-order valence-corrected chi connectivity index (χ1v) is 10.8. The van der Waals surface area contributed by atoms with Crippen molar-refractivity contribution in [2.24, 2.45) is 5.92 Å². The van der Waals surface area contributed by atoms with Crippen LogP contribution in [0.15, 0.2) is 24.3 Å². The molecule has 1 aromatic rings. The van der Waals surface area contributed by atoms with Crippen LogP contribution in [0.1, 0.15) is 42.3 Å². The van der Waals surface area contributed by atoms with Gasteiger partial charge in [0.1, 0.15) is 0 Å². The Hall–Kier alpha value is -2.20. The number of alkyl halides is 4. The van der Waals surface area contributed by atoms with E-state index < -0.39 is 17.8 Å². The fourth-order valence-electron chi connectivity index (χ4n) is 5.30. The third-order valence-electron chi connectivity index (χ3n) is 6.98. The summed E-state index contributed by atoms with van der Waals surface area (Å²) in [6.45, 7) is 4.77. The van der Waals surface area contributed by atoms with Crippen LogP contribution in [-0.2, 0) is 14.3 Å². The van der Waals surface area contributed by atoms with E-state index in [9.17, 15) is 22.4 Å². The molecule has 2 saturated heterocycles. The first kappa shape index (κ1) is 23.0. The molecule has 6 nitrogen and oxygen atoms in total. The van der Waals surface area contributed by atoms with Crippen LogP contribution in [0.4, 0.5) is 17.6 Å². The van der Waals surface area contributed by atoms with Gasteiger partial charge in [-0.1, -0.05) is 24.3 Å². The molecule has 176 valence electrons. The number of carbonyl (C=O) groups excluding carboxylic acids is 1. The van der Waals surface area contributed by atoms with Crippen molar-refractivity contribution in [2.45, 2.75) is 43.1 Å². The number of halogens is 4. The van der Waals surface area contributed by atoms with Crippen molar-refractivity contribution in [3.8, 4) is 0 Å². The third kappa shape index (κ3) is 4.22. The van der Waals surface area contributed by atoms with Gasteiger partial charge in [-0.2, -0.15) is 13.2 Å². The molecule has 2 aliphatic carbocycles. The van der Waals surface area contributed by atoms with Crippen LogP contribution in [0.3, 0.4) is 0 Å². The van der Waals surface area contributed by atoms with Crippen LogP contribution in [0, 0.1) is 5.92 Å². The summed E-state index contributed by atoms with van der Waals surface area (Å²) in [5.74, 6) is -2.29. The van der Waals surface area contributed by atoms with Crippen LogP contribution < -0.4 is 0 Å². The number of ether oxygens (including phenoxy) is 1. The number of rotatable bonds is 2. The van der Waals surface area contributed by atoms with Gasteiger partial charge < -0.3 is 14.7 Å². The zero-order valence-corrected chi connectivity index (χ0v) is 17.5. The highest BCUT2D eigenvalue weighted by Gasteiger charge is 2.54. The fraction of sp³-hybridized carbons (Fsp3) is 0.636. The predicted molar refractivity (Wildman–Crippen MR) is 106 cm³/mol.